The predicted octanol–water partition coefficient (Wildman–Crippen LogP) is 5.87. The van der Waals surface area contributed by atoms with Crippen molar-refractivity contribution in [2.75, 3.05) is 11.4 Å². The lowest BCUT2D eigenvalue weighted by atomic mass is 9.89. The Labute approximate surface area is 248 Å². The van der Waals surface area contributed by atoms with Gasteiger partial charge in [-0.15, -0.1) is 0 Å². The molecule has 4 fully saturated rings. The Kier molecular flexibility index (Phi) is 5.79. The van der Waals surface area contributed by atoms with E-state index in [4.69, 9.17) is 4.74 Å². The lowest BCUT2D eigenvalue weighted by molar-refractivity contribution is -0.151. The number of aliphatic carboxylic acids is 1. The second-order valence-electron chi connectivity index (χ2n) is 11.7. The number of carboxylic acid groups (broad SMARTS) is 1. The van der Waals surface area contributed by atoms with Crippen LogP contribution in [0.2, 0.25) is 0 Å². The molecule has 1 saturated carbocycles. The Morgan fingerprint density at radius 3 is 1.84 bits per heavy atom. The Bertz CT molecular complexity index is 1660. The highest BCUT2D eigenvalue weighted by molar-refractivity contribution is 6.04. The molecule has 5 aliphatic rings. The number of carbonyl (C=O) groups excluding carboxylic acids is 2. The van der Waals surface area contributed by atoms with Crippen LogP contribution in [0.15, 0.2) is 109 Å². The topological polar surface area (TPSA) is 90.4 Å². The quantitative estimate of drug-likeness (QED) is 0.331. The van der Waals surface area contributed by atoms with Crippen molar-refractivity contribution < 1.29 is 24.2 Å². The van der Waals surface area contributed by atoms with E-state index in [9.17, 15) is 19.5 Å². The number of carboxylic acids is 1. The van der Waals surface area contributed by atoms with Gasteiger partial charge >= 0.3 is 12.0 Å². The van der Waals surface area contributed by atoms with E-state index in [1.165, 1.54) is 0 Å². The summed E-state index contributed by atoms with van der Waals surface area (Å²) in [5, 5.41) is 10.5. The fourth-order valence-corrected chi connectivity index (χ4v) is 7.64. The molecule has 0 aromatic heterocycles. The highest BCUT2D eigenvalue weighted by Crippen LogP contribution is 2.60. The molecule has 2 unspecified atom stereocenters. The lowest BCUT2D eigenvalue weighted by Crippen LogP contribution is -2.51. The molecule has 4 aromatic carbocycles. The summed E-state index contributed by atoms with van der Waals surface area (Å²) >= 11 is 0. The first kappa shape index (κ1) is 25.6. The summed E-state index contributed by atoms with van der Waals surface area (Å²) in [4.78, 5) is 47.1. The van der Waals surface area contributed by atoms with Gasteiger partial charge in [0.15, 0.2) is 11.5 Å². The second-order valence-corrected chi connectivity index (χ2v) is 11.7. The average Bonchev–Trinajstić information content (AvgIpc) is 3.66. The first-order valence-corrected chi connectivity index (χ1v) is 14.6. The number of hydrogen-bond acceptors (Lipinski definition) is 4. The zero-order chi connectivity index (χ0) is 29.2. The standard InChI is InChI=1S/C35H29N3O5/c39-33(29(21-11-3-1-4-12-21)22-13-5-2-6-14-22)36-20-23-19-24-30(32(36)34(40)41)31(24)37(23)35(42)38-25-15-7-9-17-27(25)43-28-18-10-8-16-26(28)38/h1-18,23-24,29-32H,19-20H2,(H,40,41)/t23-,24?,30?,31+,32-/m0/s1. The maximum absolute atomic E-state index is 14.6. The number of hydrogen-bond donors (Lipinski definition) is 1. The molecule has 9 rings (SSSR count). The molecule has 4 aromatic rings. The molecule has 1 aliphatic carbocycles. The largest absolute Gasteiger partial charge is 0.480 e. The van der Waals surface area contributed by atoms with E-state index < -0.39 is 17.9 Å². The predicted molar refractivity (Wildman–Crippen MR) is 159 cm³/mol. The average molecular weight is 572 g/mol. The highest BCUT2D eigenvalue weighted by Gasteiger charge is 2.70. The zero-order valence-electron chi connectivity index (χ0n) is 23.2. The van der Waals surface area contributed by atoms with Gasteiger partial charge in [-0.3, -0.25) is 9.69 Å². The van der Waals surface area contributed by atoms with Crippen LogP contribution in [-0.4, -0.2) is 57.5 Å². The Balaban J connectivity index is 1.18. The van der Waals surface area contributed by atoms with Crippen LogP contribution in [0.4, 0.5) is 16.2 Å². The molecule has 1 N–H and O–H groups in total. The van der Waals surface area contributed by atoms with Gasteiger partial charge < -0.3 is 19.6 Å². The molecule has 3 saturated heterocycles. The zero-order valence-corrected chi connectivity index (χ0v) is 23.2. The minimum Gasteiger partial charge on any atom is -0.480 e. The van der Waals surface area contributed by atoms with Crippen LogP contribution in [0, 0.1) is 11.8 Å². The van der Waals surface area contributed by atoms with Gasteiger partial charge in [0.1, 0.15) is 6.04 Å². The normalized spacial score (nSPS) is 24.5. The minimum atomic E-state index is -1.03. The van der Waals surface area contributed by atoms with Crippen molar-refractivity contribution in [2.45, 2.75) is 30.5 Å². The van der Waals surface area contributed by atoms with E-state index in [2.05, 4.69) is 0 Å². The van der Waals surface area contributed by atoms with Crippen molar-refractivity contribution in [1.29, 1.82) is 0 Å². The number of rotatable bonds is 4. The van der Waals surface area contributed by atoms with Crippen molar-refractivity contribution in [3.05, 3.63) is 120 Å². The molecule has 214 valence electrons. The molecule has 8 heteroatoms. The Morgan fingerprint density at radius 1 is 0.744 bits per heavy atom. The molecule has 4 heterocycles. The maximum atomic E-state index is 14.6. The number of benzene rings is 4. The number of anilines is 2. The summed E-state index contributed by atoms with van der Waals surface area (Å²) in [6.45, 7) is 0.162. The molecule has 8 nitrogen and oxygen atoms in total. The monoisotopic (exact) mass is 571 g/mol. The molecule has 4 aliphatic heterocycles. The summed E-state index contributed by atoms with van der Waals surface area (Å²) < 4.78 is 6.11. The molecule has 3 amide bonds. The van der Waals surface area contributed by atoms with Gasteiger partial charge in [0, 0.05) is 18.5 Å². The van der Waals surface area contributed by atoms with Gasteiger partial charge in [-0.25, -0.2) is 9.59 Å². The third-order valence-electron chi connectivity index (χ3n) is 9.45. The van der Waals surface area contributed by atoms with E-state index in [1.54, 1.807) is 9.80 Å². The number of fused-ring (bicyclic) bond motifs is 4. The maximum Gasteiger partial charge on any atom is 0.329 e. The van der Waals surface area contributed by atoms with Crippen LogP contribution in [0.3, 0.4) is 0 Å². The molecule has 43 heavy (non-hydrogen) atoms. The first-order chi connectivity index (χ1) is 21.0. The van der Waals surface area contributed by atoms with Crippen LogP contribution in [0.1, 0.15) is 23.5 Å². The van der Waals surface area contributed by atoms with E-state index in [-0.39, 0.29) is 42.4 Å². The summed E-state index contributed by atoms with van der Waals surface area (Å²) in [5.41, 5.74) is 2.89. The van der Waals surface area contributed by atoms with Crippen molar-refractivity contribution in [2.24, 2.45) is 11.8 Å². The minimum absolute atomic E-state index is 0.0336. The SMILES string of the molecule is O=C(O)[C@@H]1C2C3C[C@@H](CN1C(=O)C(c1ccccc1)c1ccccc1)N(C(=O)N1c4ccccc4Oc4ccccc41)[C@H]32. The molecule has 4 bridgehead atoms. The smallest absolute Gasteiger partial charge is 0.329 e. The number of urea groups is 1. The van der Waals surface area contributed by atoms with Gasteiger partial charge in [-0.2, -0.15) is 0 Å². The van der Waals surface area contributed by atoms with Gasteiger partial charge in [-0.1, -0.05) is 84.9 Å². The highest BCUT2D eigenvalue weighted by atomic mass is 16.5. The number of ether oxygens (including phenoxy) is 1. The van der Waals surface area contributed by atoms with Crippen molar-refractivity contribution in [3.63, 3.8) is 0 Å². The number of para-hydroxylation sites is 4. The molecular weight excluding hydrogens is 542 g/mol. The third-order valence-corrected chi connectivity index (χ3v) is 9.45. The van der Waals surface area contributed by atoms with Gasteiger partial charge in [0.2, 0.25) is 5.91 Å². The summed E-state index contributed by atoms with van der Waals surface area (Å²) in [5.74, 6) is -1.07. The number of carbonyl (C=O) groups is 3. The number of amides is 3. The van der Waals surface area contributed by atoms with Crippen LogP contribution in [0.25, 0.3) is 0 Å². The van der Waals surface area contributed by atoms with E-state index in [0.717, 1.165) is 11.1 Å². The summed E-state index contributed by atoms with van der Waals surface area (Å²) in [7, 11) is 0. The summed E-state index contributed by atoms with van der Waals surface area (Å²) in [6, 6.07) is 32.1. The van der Waals surface area contributed by atoms with Gasteiger partial charge in [0.05, 0.1) is 23.3 Å². The molecule has 0 radical (unpaired) electrons. The fraction of sp³-hybridized carbons (Fsp3) is 0.229. The van der Waals surface area contributed by atoms with Crippen LogP contribution >= 0.6 is 0 Å². The first-order valence-electron chi connectivity index (χ1n) is 14.6. The van der Waals surface area contributed by atoms with E-state index >= 15 is 0 Å². The Morgan fingerprint density at radius 2 is 1.28 bits per heavy atom. The van der Waals surface area contributed by atoms with Crippen molar-refractivity contribution in [3.8, 4) is 11.5 Å². The number of piperidine rings is 1. The third kappa shape index (κ3) is 3.93. The van der Waals surface area contributed by atoms with Gasteiger partial charge in [-0.05, 0) is 47.7 Å². The van der Waals surface area contributed by atoms with Crippen LogP contribution in [0.5, 0.6) is 11.5 Å². The summed E-state index contributed by atoms with van der Waals surface area (Å²) in [6.07, 6.45) is 0.670. The van der Waals surface area contributed by atoms with Gasteiger partial charge in [0.25, 0.3) is 0 Å². The molecule has 5 atom stereocenters. The van der Waals surface area contributed by atoms with Crippen molar-refractivity contribution >= 4 is 29.3 Å². The van der Waals surface area contributed by atoms with Crippen LogP contribution in [-0.2, 0) is 9.59 Å². The van der Waals surface area contributed by atoms with E-state index in [1.807, 2.05) is 114 Å². The molecule has 0 spiro atoms. The lowest BCUT2D eigenvalue weighted by Gasteiger charge is -2.37. The van der Waals surface area contributed by atoms with Crippen molar-refractivity contribution in [1.82, 2.24) is 9.80 Å². The Hall–Kier alpha value is -5.11. The molecular formula is C35H29N3O5. The number of nitrogens with zero attached hydrogens (tertiary/aromatic N) is 3. The van der Waals surface area contributed by atoms with Crippen LogP contribution < -0.4 is 9.64 Å². The second kappa shape index (κ2) is 9.73. The van der Waals surface area contributed by atoms with E-state index in [0.29, 0.717) is 29.3 Å². The fourth-order valence-electron chi connectivity index (χ4n) is 7.64.